The van der Waals surface area contributed by atoms with Gasteiger partial charge in [0.1, 0.15) is 5.82 Å². The molecule has 2 rings (SSSR count). The van der Waals surface area contributed by atoms with Gasteiger partial charge in [-0.2, -0.15) is 0 Å². The molecular weight excluding hydrogens is 286 g/mol. The molecule has 0 atom stereocenters. The highest BCUT2D eigenvalue weighted by molar-refractivity contribution is 14.1. The van der Waals surface area contributed by atoms with E-state index in [2.05, 4.69) is 0 Å². The van der Waals surface area contributed by atoms with Crippen LogP contribution in [0.2, 0.25) is 0 Å². The molecule has 0 aromatic heterocycles. The van der Waals surface area contributed by atoms with Crippen LogP contribution in [0.3, 0.4) is 0 Å². The van der Waals surface area contributed by atoms with Crippen molar-refractivity contribution < 1.29 is 13.9 Å². The Balaban J connectivity index is 2.25. The highest BCUT2D eigenvalue weighted by Gasteiger charge is 2.18. The number of hydrogen-bond donors (Lipinski definition) is 0. The van der Waals surface area contributed by atoms with Crippen LogP contribution in [-0.4, -0.2) is 13.2 Å². The van der Waals surface area contributed by atoms with Gasteiger partial charge in [0.2, 0.25) is 0 Å². The van der Waals surface area contributed by atoms with Crippen LogP contribution in [-0.2, 0) is 9.47 Å². The molecule has 0 N–H and O–H groups in total. The lowest BCUT2D eigenvalue weighted by Crippen LogP contribution is -1.99. The normalized spacial score (nSPS) is 18.0. The van der Waals surface area contributed by atoms with Crippen molar-refractivity contribution in [2.45, 2.75) is 6.29 Å². The Morgan fingerprint density at radius 2 is 2.00 bits per heavy atom. The second kappa shape index (κ2) is 3.89. The molecule has 0 aliphatic carbocycles. The van der Waals surface area contributed by atoms with Crippen LogP contribution in [0, 0.1) is 9.39 Å². The van der Waals surface area contributed by atoms with Gasteiger partial charge in [-0.15, -0.1) is 0 Å². The summed E-state index contributed by atoms with van der Waals surface area (Å²) < 4.78 is 24.2. The summed E-state index contributed by atoms with van der Waals surface area (Å²) >= 11 is 1.95. The van der Waals surface area contributed by atoms with Crippen molar-refractivity contribution in [1.82, 2.24) is 0 Å². The number of benzene rings is 1. The Bertz CT molecular complexity index is 310. The third kappa shape index (κ3) is 2.00. The maximum atomic E-state index is 13.1. The summed E-state index contributed by atoms with van der Waals surface area (Å²) in [6.45, 7) is 1.16. The van der Waals surface area contributed by atoms with Crippen molar-refractivity contribution in [1.29, 1.82) is 0 Å². The van der Waals surface area contributed by atoms with Crippen molar-refractivity contribution in [2.75, 3.05) is 13.2 Å². The molecule has 13 heavy (non-hydrogen) atoms. The molecule has 1 aliphatic heterocycles. The molecule has 0 amide bonds. The Hall–Kier alpha value is -0.200. The van der Waals surface area contributed by atoms with E-state index in [1.54, 1.807) is 6.07 Å². The zero-order valence-electron chi connectivity index (χ0n) is 6.80. The lowest BCUT2D eigenvalue weighted by atomic mass is 10.2. The number of halogens is 2. The highest BCUT2D eigenvalue weighted by Crippen LogP contribution is 2.25. The molecule has 1 aromatic rings. The Morgan fingerprint density at radius 3 is 2.62 bits per heavy atom. The Kier molecular flexibility index (Phi) is 2.80. The molecule has 1 aromatic carbocycles. The average molecular weight is 294 g/mol. The zero-order valence-corrected chi connectivity index (χ0v) is 8.95. The van der Waals surface area contributed by atoms with Gasteiger partial charge in [0, 0.05) is 9.13 Å². The van der Waals surface area contributed by atoms with Crippen molar-refractivity contribution in [3.63, 3.8) is 0 Å². The van der Waals surface area contributed by atoms with E-state index in [4.69, 9.17) is 9.47 Å². The first-order valence-corrected chi connectivity index (χ1v) is 5.03. The lowest BCUT2D eigenvalue weighted by Gasteiger charge is -2.09. The van der Waals surface area contributed by atoms with Gasteiger partial charge < -0.3 is 9.47 Å². The first-order valence-electron chi connectivity index (χ1n) is 3.95. The quantitative estimate of drug-likeness (QED) is 0.741. The summed E-state index contributed by atoms with van der Waals surface area (Å²) in [6, 6.07) is 4.99. The summed E-state index contributed by atoms with van der Waals surface area (Å²) in [6.07, 6.45) is -0.383. The van der Waals surface area contributed by atoms with Crippen LogP contribution in [0.1, 0.15) is 11.9 Å². The molecule has 0 bridgehead atoms. The van der Waals surface area contributed by atoms with Crippen molar-refractivity contribution >= 4 is 22.6 Å². The van der Waals surface area contributed by atoms with E-state index in [-0.39, 0.29) is 12.1 Å². The maximum Gasteiger partial charge on any atom is 0.184 e. The summed E-state index contributed by atoms with van der Waals surface area (Å²) in [5.41, 5.74) is 0.746. The first-order chi connectivity index (χ1) is 6.27. The third-order valence-corrected chi connectivity index (χ3v) is 2.71. The minimum absolute atomic E-state index is 0.225. The van der Waals surface area contributed by atoms with Crippen LogP contribution in [0.5, 0.6) is 0 Å². The first kappa shape index (κ1) is 9.36. The van der Waals surface area contributed by atoms with Gasteiger partial charge >= 0.3 is 0 Å². The minimum atomic E-state index is -0.383. The highest BCUT2D eigenvalue weighted by atomic mass is 127. The van der Waals surface area contributed by atoms with Crippen LogP contribution in [0.4, 0.5) is 4.39 Å². The van der Waals surface area contributed by atoms with Crippen LogP contribution < -0.4 is 0 Å². The average Bonchev–Trinajstić information content (AvgIpc) is 2.62. The summed E-state index contributed by atoms with van der Waals surface area (Å²) in [5.74, 6) is -0.225. The topological polar surface area (TPSA) is 18.5 Å². The van der Waals surface area contributed by atoms with Gasteiger partial charge in [-0.3, -0.25) is 0 Å². The minimum Gasteiger partial charge on any atom is -0.346 e. The summed E-state index contributed by atoms with van der Waals surface area (Å²) in [5, 5.41) is 0. The van der Waals surface area contributed by atoms with Crippen molar-refractivity contribution in [2.24, 2.45) is 0 Å². The van der Waals surface area contributed by atoms with E-state index in [0.29, 0.717) is 16.8 Å². The Labute approximate surface area is 89.2 Å². The molecule has 0 saturated carbocycles. The second-order valence-electron chi connectivity index (χ2n) is 2.75. The predicted octanol–water partition coefficient (Wildman–Crippen LogP) is 2.48. The van der Waals surface area contributed by atoms with Gasteiger partial charge in [0.25, 0.3) is 0 Å². The molecular formula is C9H8FIO2. The summed E-state index contributed by atoms with van der Waals surface area (Å²) in [4.78, 5) is 0. The van der Waals surface area contributed by atoms with Gasteiger partial charge in [-0.1, -0.05) is 6.07 Å². The van der Waals surface area contributed by atoms with E-state index in [0.717, 1.165) is 5.56 Å². The summed E-state index contributed by atoms with van der Waals surface area (Å²) in [7, 11) is 0. The molecule has 4 heteroatoms. The smallest absolute Gasteiger partial charge is 0.184 e. The van der Waals surface area contributed by atoms with Gasteiger partial charge in [-0.05, 0) is 34.7 Å². The van der Waals surface area contributed by atoms with Crippen molar-refractivity contribution in [3.8, 4) is 0 Å². The fourth-order valence-electron chi connectivity index (χ4n) is 1.21. The van der Waals surface area contributed by atoms with Crippen LogP contribution in [0.15, 0.2) is 18.2 Å². The fourth-order valence-corrected chi connectivity index (χ4v) is 1.55. The molecule has 1 heterocycles. The van der Waals surface area contributed by atoms with E-state index in [1.807, 2.05) is 28.7 Å². The molecule has 1 saturated heterocycles. The van der Waals surface area contributed by atoms with Crippen molar-refractivity contribution in [3.05, 3.63) is 33.1 Å². The Morgan fingerprint density at radius 1 is 1.31 bits per heavy atom. The van der Waals surface area contributed by atoms with E-state index < -0.39 is 0 Å². The molecule has 2 nitrogen and oxygen atoms in total. The SMILES string of the molecule is Fc1cc(C2OCCO2)ccc1I. The van der Waals surface area contributed by atoms with Gasteiger partial charge in [-0.25, -0.2) is 4.39 Å². The molecule has 0 radical (unpaired) electrons. The van der Waals surface area contributed by atoms with E-state index >= 15 is 0 Å². The van der Waals surface area contributed by atoms with E-state index in [1.165, 1.54) is 6.07 Å². The lowest BCUT2D eigenvalue weighted by molar-refractivity contribution is -0.0443. The predicted molar refractivity (Wildman–Crippen MR) is 53.8 cm³/mol. The van der Waals surface area contributed by atoms with Gasteiger partial charge in [0.15, 0.2) is 6.29 Å². The fraction of sp³-hybridized carbons (Fsp3) is 0.333. The van der Waals surface area contributed by atoms with Gasteiger partial charge in [0.05, 0.1) is 13.2 Å². The number of ether oxygens (including phenoxy) is 2. The standard InChI is InChI=1S/C9H8FIO2/c10-7-5-6(1-2-8(7)11)9-12-3-4-13-9/h1-2,5,9H,3-4H2. The maximum absolute atomic E-state index is 13.1. The van der Waals surface area contributed by atoms with E-state index in [9.17, 15) is 4.39 Å². The monoisotopic (exact) mass is 294 g/mol. The number of rotatable bonds is 1. The largest absolute Gasteiger partial charge is 0.346 e. The second-order valence-corrected chi connectivity index (χ2v) is 3.91. The van der Waals surface area contributed by atoms with Crippen LogP contribution in [0.25, 0.3) is 0 Å². The molecule has 1 fully saturated rings. The van der Waals surface area contributed by atoms with Crippen LogP contribution >= 0.6 is 22.6 Å². The molecule has 1 aliphatic rings. The molecule has 70 valence electrons. The number of hydrogen-bond acceptors (Lipinski definition) is 2. The third-order valence-electron chi connectivity index (χ3n) is 1.84. The molecule has 0 spiro atoms. The molecule has 0 unspecified atom stereocenters. The zero-order chi connectivity index (χ0) is 9.26.